The monoisotopic (exact) mass is 397 g/mol. The van der Waals surface area contributed by atoms with Gasteiger partial charge in [0.05, 0.1) is 28.9 Å². The molecule has 27 heavy (non-hydrogen) atoms. The van der Waals surface area contributed by atoms with Gasteiger partial charge in [0.15, 0.2) is 21.5 Å². The van der Waals surface area contributed by atoms with Crippen LogP contribution in [0.5, 0.6) is 0 Å². The molecule has 2 heterocycles. The number of halogens is 2. The molecule has 9 heteroatoms. The minimum Gasteiger partial charge on any atom is -0.334 e. The molecular formula is C18H21F2N3O3S. The normalized spacial score (nSPS) is 22.5. The first-order valence-corrected chi connectivity index (χ1v) is 11.0. The Balaban J connectivity index is 1.61. The van der Waals surface area contributed by atoms with E-state index in [9.17, 15) is 22.0 Å². The molecule has 146 valence electrons. The highest BCUT2D eigenvalue weighted by atomic mass is 32.2. The van der Waals surface area contributed by atoms with Gasteiger partial charge in [0.25, 0.3) is 0 Å². The number of aromatic nitrogens is 2. The molecule has 1 atom stereocenters. The van der Waals surface area contributed by atoms with Crippen molar-refractivity contribution >= 4 is 26.8 Å². The minimum absolute atomic E-state index is 0.000242. The highest BCUT2D eigenvalue weighted by molar-refractivity contribution is 7.91. The summed E-state index contributed by atoms with van der Waals surface area (Å²) in [6.45, 7) is -0.0748. The average Bonchev–Trinajstić information content (AvgIpc) is 3.32. The molecule has 0 spiro atoms. The summed E-state index contributed by atoms with van der Waals surface area (Å²) < 4.78 is 52.3. The SMILES string of the molecule is O=C(Cn1cnc2cc(F)c(F)cc21)N(C1CCCC1)[C@H]1CCS(=O)(=O)C1. The Hall–Kier alpha value is -2.03. The van der Waals surface area contributed by atoms with Gasteiger partial charge in [-0.3, -0.25) is 4.79 Å². The van der Waals surface area contributed by atoms with Crippen molar-refractivity contribution in [2.45, 2.75) is 50.7 Å². The van der Waals surface area contributed by atoms with Gasteiger partial charge in [-0.25, -0.2) is 22.2 Å². The first-order chi connectivity index (χ1) is 12.8. The van der Waals surface area contributed by atoms with E-state index in [0.29, 0.717) is 11.9 Å². The van der Waals surface area contributed by atoms with Gasteiger partial charge in [0.2, 0.25) is 5.91 Å². The third kappa shape index (κ3) is 3.56. The Kier molecular flexibility index (Phi) is 4.65. The number of sulfone groups is 1. The third-order valence-corrected chi connectivity index (χ3v) is 7.33. The lowest BCUT2D eigenvalue weighted by Crippen LogP contribution is -2.48. The first-order valence-electron chi connectivity index (χ1n) is 9.15. The van der Waals surface area contributed by atoms with Crippen LogP contribution < -0.4 is 0 Å². The molecule has 2 aliphatic rings. The number of imidazole rings is 1. The predicted molar refractivity (Wildman–Crippen MR) is 95.8 cm³/mol. The molecule has 0 N–H and O–H groups in total. The molecule has 1 aliphatic carbocycles. The fourth-order valence-corrected chi connectivity index (χ4v) is 6.00. The second-order valence-electron chi connectivity index (χ2n) is 7.42. The van der Waals surface area contributed by atoms with Crippen LogP contribution in [0.4, 0.5) is 8.78 Å². The summed E-state index contributed by atoms with van der Waals surface area (Å²) in [6, 6.07) is 1.77. The maximum atomic E-state index is 13.6. The predicted octanol–water partition coefficient (Wildman–Crippen LogP) is 2.27. The molecule has 6 nitrogen and oxygen atoms in total. The second kappa shape index (κ2) is 6.85. The molecule has 2 fully saturated rings. The minimum atomic E-state index is -3.11. The summed E-state index contributed by atoms with van der Waals surface area (Å²) in [5.74, 6) is -2.08. The van der Waals surface area contributed by atoms with E-state index in [-0.39, 0.29) is 41.6 Å². The molecule has 1 aromatic carbocycles. The summed E-state index contributed by atoms with van der Waals surface area (Å²) in [5, 5.41) is 0. The van der Waals surface area contributed by atoms with Crippen molar-refractivity contribution in [1.82, 2.24) is 14.5 Å². The van der Waals surface area contributed by atoms with Gasteiger partial charge in [-0.2, -0.15) is 0 Å². The van der Waals surface area contributed by atoms with E-state index < -0.39 is 21.5 Å². The van der Waals surface area contributed by atoms with E-state index in [1.54, 1.807) is 4.90 Å². The van der Waals surface area contributed by atoms with Gasteiger partial charge in [-0.1, -0.05) is 12.8 Å². The van der Waals surface area contributed by atoms with Crippen LogP contribution in [0.1, 0.15) is 32.1 Å². The van der Waals surface area contributed by atoms with E-state index in [2.05, 4.69) is 4.98 Å². The topological polar surface area (TPSA) is 72.3 Å². The lowest BCUT2D eigenvalue weighted by molar-refractivity contribution is -0.136. The molecule has 0 unspecified atom stereocenters. The van der Waals surface area contributed by atoms with Crippen LogP contribution in [0.2, 0.25) is 0 Å². The summed E-state index contributed by atoms with van der Waals surface area (Å²) in [7, 11) is -3.11. The molecule has 1 saturated heterocycles. The van der Waals surface area contributed by atoms with Crippen molar-refractivity contribution in [3.05, 3.63) is 30.1 Å². The number of hydrogen-bond donors (Lipinski definition) is 0. The van der Waals surface area contributed by atoms with Gasteiger partial charge >= 0.3 is 0 Å². The summed E-state index contributed by atoms with van der Waals surface area (Å²) in [5.41, 5.74) is 0.616. The van der Waals surface area contributed by atoms with Crippen LogP contribution in [-0.4, -0.2) is 52.4 Å². The van der Waals surface area contributed by atoms with Gasteiger partial charge in [-0.15, -0.1) is 0 Å². The largest absolute Gasteiger partial charge is 0.334 e. The number of rotatable bonds is 4. The fourth-order valence-electron chi connectivity index (χ4n) is 4.29. The Morgan fingerprint density at radius 3 is 2.52 bits per heavy atom. The molecular weight excluding hydrogens is 376 g/mol. The molecule has 1 aromatic heterocycles. The number of fused-ring (bicyclic) bond motifs is 1. The van der Waals surface area contributed by atoms with Crippen LogP contribution >= 0.6 is 0 Å². The lowest BCUT2D eigenvalue weighted by Gasteiger charge is -2.34. The van der Waals surface area contributed by atoms with Crippen molar-refractivity contribution in [2.24, 2.45) is 0 Å². The van der Waals surface area contributed by atoms with Crippen LogP contribution in [0, 0.1) is 11.6 Å². The fraction of sp³-hybridized carbons (Fsp3) is 0.556. The number of carbonyl (C=O) groups is 1. The van der Waals surface area contributed by atoms with Crippen molar-refractivity contribution in [1.29, 1.82) is 0 Å². The van der Waals surface area contributed by atoms with E-state index >= 15 is 0 Å². The number of benzene rings is 1. The lowest BCUT2D eigenvalue weighted by atomic mass is 10.1. The smallest absolute Gasteiger partial charge is 0.243 e. The average molecular weight is 397 g/mol. The maximum absolute atomic E-state index is 13.6. The Morgan fingerprint density at radius 1 is 1.15 bits per heavy atom. The van der Waals surface area contributed by atoms with Crippen molar-refractivity contribution in [2.75, 3.05) is 11.5 Å². The Morgan fingerprint density at radius 2 is 1.85 bits per heavy atom. The van der Waals surface area contributed by atoms with Crippen molar-refractivity contribution < 1.29 is 22.0 Å². The zero-order chi connectivity index (χ0) is 19.2. The molecule has 2 aromatic rings. The van der Waals surface area contributed by atoms with E-state index in [4.69, 9.17) is 0 Å². The highest BCUT2D eigenvalue weighted by Gasteiger charge is 2.39. The highest BCUT2D eigenvalue weighted by Crippen LogP contribution is 2.29. The van der Waals surface area contributed by atoms with Gasteiger partial charge in [-0.05, 0) is 19.3 Å². The number of hydrogen-bond acceptors (Lipinski definition) is 4. The molecule has 1 saturated carbocycles. The molecule has 0 bridgehead atoms. The van der Waals surface area contributed by atoms with E-state index in [1.807, 2.05) is 0 Å². The third-order valence-electron chi connectivity index (χ3n) is 5.58. The second-order valence-corrected chi connectivity index (χ2v) is 9.65. The first kappa shape index (κ1) is 18.3. The van der Waals surface area contributed by atoms with Crippen LogP contribution in [0.25, 0.3) is 11.0 Å². The molecule has 1 amide bonds. The molecule has 1 aliphatic heterocycles. The zero-order valence-electron chi connectivity index (χ0n) is 14.8. The Bertz CT molecular complexity index is 983. The van der Waals surface area contributed by atoms with Crippen molar-refractivity contribution in [3.63, 3.8) is 0 Å². The van der Waals surface area contributed by atoms with Crippen LogP contribution in [0.3, 0.4) is 0 Å². The quantitative estimate of drug-likeness (QED) is 0.794. The molecule has 0 radical (unpaired) electrons. The summed E-state index contributed by atoms with van der Waals surface area (Å²) in [4.78, 5) is 18.9. The van der Waals surface area contributed by atoms with Gasteiger partial charge < -0.3 is 9.47 Å². The van der Waals surface area contributed by atoms with Gasteiger partial charge in [0, 0.05) is 24.2 Å². The number of carbonyl (C=O) groups excluding carboxylic acids is 1. The van der Waals surface area contributed by atoms with E-state index in [1.165, 1.54) is 10.9 Å². The maximum Gasteiger partial charge on any atom is 0.243 e. The van der Waals surface area contributed by atoms with Crippen LogP contribution in [0.15, 0.2) is 18.5 Å². The number of nitrogens with zero attached hydrogens (tertiary/aromatic N) is 3. The number of amides is 1. The van der Waals surface area contributed by atoms with Crippen LogP contribution in [-0.2, 0) is 21.2 Å². The molecule has 4 rings (SSSR count). The standard InChI is InChI=1S/C18H21F2N3O3S/c19-14-7-16-17(8-15(14)20)22(11-21-16)9-18(24)23(12-3-1-2-4-12)13-5-6-27(25,26)10-13/h7-8,11-13H,1-6,9-10H2/t13-/m0/s1. The Labute approximate surface area is 156 Å². The van der Waals surface area contributed by atoms with Gasteiger partial charge in [0.1, 0.15) is 6.54 Å². The van der Waals surface area contributed by atoms with E-state index in [0.717, 1.165) is 37.8 Å². The summed E-state index contributed by atoms with van der Waals surface area (Å²) in [6.07, 6.45) is 5.62. The van der Waals surface area contributed by atoms with Crippen molar-refractivity contribution in [3.8, 4) is 0 Å². The summed E-state index contributed by atoms with van der Waals surface area (Å²) >= 11 is 0. The zero-order valence-corrected chi connectivity index (χ0v) is 15.6.